The fraction of sp³-hybridized carbons (Fsp3) is 0.143. The predicted molar refractivity (Wildman–Crippen MR) is 101 cm³/mol. The summed E-state index contributed by atoms with van der Waals surface area (Å²) in [6.45, 7) is -0.0702. The Hall–Kier alpha value is -3.68. The van der Waals surface area contributed by atoms with Crippen LogP contribution in [0.2, 0.25) is 0 Å². The second-order valence-electron chi connectivity index (χ2n) is 6.53. The number of methoxy groups -OCH3 is 1. The summed E-state index contributed by atoms with van der Waals surface area (Å²) in [6, 6.07) is 9.85. The average molecular weight is 398 g/mol. The Morgan fingerprint density at radius 3 is 2.66 bits per heavy atom. The van der Waals surface area contributed by atoms with Gasteiger partial charge < -0.3 is 19.4 Å². The summed E-state index contributed by atoms with van der Waals surface area (Å²) in [5.41, 5.74) is 2.27. The van der Waals surface area contributed by atoms with Crippen molar-refractivity contribution in [2.75, 3.05) is 12.4 Å². The Balaban J connectivity index is 1.75. The van der Waals surface area contributed by atoms with E-state index in [0.29, 0.717) is 33.8 Å². The zero-order valence-electron chi connectivity index (χ0n) is 15.4. The molecule has 4 rings (SSSR count). The molecule has 0 bridgehead atoms. The van der Waals surface area contributed by atoms with E-state index in [1.165, 1.54) is 25.4 Å². The van der Waals surface area contributed by atoms with Gasteiger partial charge in [-0.15, -0.1) is 0 Å². The molecule has 0 saturated heterocycles. The molecule has 1 amide bonds. The number of carbonyl (C=O) groups excluding carboxylic acids is 2. The molecule has 6 nitrogen and oxygen atoms in total. The molecule has 0 fully saturated rings. The van der Waals surface area contributed by atoms with E-state index in [1.807, 2.05) is 0 Å². The zero-order valence-corrected chi connectivity index (χ0v) is 15.4. The van der Waals surface area contributed by atoms with Gasteiger partial charge in [-0.1, -0.05) is 6.07 Å². The maximum atomic E-state index is 13.4. The topological polar surface area (TPSA) is 69.6 Å². The number of halogens is 2. The van der Waals surface area contributed by atoms with Crippen LogP contribution in [0.5, 0.6) is 5.75 Å². The number of ether oxygens (including phenoxy) is 2. The molecular formula is C21H16F2N2O4. The zero-order chi connectivity index (χ0) is 20.5. The molecule has 1 N–H and O–H groups in total. The summed E-state index contributed by atoms with van der Waals surface area (Å²) in [4.78, 5) is 24.2. The molecule has 0 radical (unpaired) electrons. The molecule has 0 saturated carbocycles. The van der Waals surface area contributed by atoms with Crippen molar-refractivity contribution in [2.24, 2.45) is 0 Å². The molecule has 0 unspecified atom stereocenters. The number of carbonyl (C=O) groups is 2. The van der Waals surface area contributed by atoms with Gasteiger partial charge >= 0.3 is 5.97 Å². The highest BCUT2D eigenvalue weighted by atomic mass is 19.1. The second kappa shape index (κ2) is 7.38. The van der Waals surface area contributed by atoms with E-state index >= 15 is 0 Å². The number of hydrogen-bond donors (Lipinski definition) is 1. The van der Waals surface area contributed by atoms with Crippen molar-refractivity contribution in [3.63, 3.8) is 0 Å². The number of aromatic nitrogens is 1. The Morgan fingerprint density at radius 1 is 1.17 bits per heavy atom. The smallest absolute Gasteiger partial charge is 0.339 e. The fourth-order valence-electron chi connectivity index (χ4n) is 3.30. The third-order valence-corrected chi connectivity index (χ3v) is 4.50. The lowest BCUT2D eigenvalue weighted by molar-refractivity contribution is -0.116. The van der Waals surface area contributed by atoms with Crippen LogP contribution in [0.25, 0.3) is 11.3 Å². The molecule has 1 aliphatic rings. The van der Waals surface area contributed by atoms with E-state index in [1.54, 1.807) is 28.8 Å². The molecular weight excluding hydrogens is 382 g/mol. The SMILES string of the molecule is COC(=O)c1cc2n(c1)CC(=O)Nc1cccc(OCc3cc(F)cc(F)c3)c1-2. The Morgan fingerprint density at radius 2 is 1.93 bits per heavy atom. The maximum Gasteiger partial charge on any atom is 0.339 e. The van der Waals surface area contributed by atoms with Crippen molar-refractivity contribution >= 4 is 17.6 Å². The summed E-state index contributed by atoms with van der Waals surface area (Å²) in [5, 5.41) is 2.80. The first-order valence-corrected chi connectivity index (χ1v) is 8.74. The number of rotatable bonds is 4. The third kappa shape index (κ3) is 3.69. The highest BCUT2D eigenvalue weighted by Gasteiger charge is 2.24. The molecule has 148 valence electrons. The van der Waals surface area contributed by atoms with Gasteiger partial charge in [-0.3, -0.25) is 4.79 Å². The Kier molecular flexibility index (Phi) is 4.75. The van der Waals surface area contributed by atoms with Gasteiger partial charge in [0.15, 0.2) is 0 Å². The first kappa shape index (κ1) is 18.7. The second-order valence-corrected chi connectivity index (χ2v) is 6.53. The van der Waals surface area contributed by atoms with Gasteiger partial charge in [-0.2, -0.15) is 0 Å². The fourth-order valence-corrected chi connectivity index (χ4v) is 3.30. The van der Waals surface area contributed by atoms with E-state index in [-0.39, 0.29) is 19.1 Å². The lowest BCUT2D eigenvalue weighted by atomic mass is 10.1. The number of amides is 1. The predicted octanol–water partition coefficient (Wildman–Crippen LogP) is 3.75. The molecule has 0 aliphatic carbocycles. The molecule has 0 spiro atoms. The molecule has 1 aliphatic heterocycles. The van der Waals surface area contributed by atoms with Gasteiger partial charge in [0.2, 0.25) is 5.91 Å². The largest absolute Gasteiger partial charge is 0.488 e. The Bertz CT molecular complexity index is 1100. The lowest BCUT2D eigenvalue weighted by Crippen LogP contribution is -2.16. The van der Waals surface area contributed by atoms with Crippen molar-refractivity contribution in [1.82, 2.24) is 4.57 Å². The normalized spacial score (nSPS) is 12.4. The van der Waals surface area contributed by atoms with Gasteiger partial charge in [0.1, 0.15) is 30.5 Å². The number of nitrogens with zero attached hydrogens (tertiary/aromatic N) is 1. The van der Waals surface area contributed by atoms with Crippen molar-refractivity contribution in [3.05, 3.63) is 71.4 Å². The first-order chi connectivity index (χ1) is 13.9. The number of esters is 1. The van der Waals surface area contributed by atoms with E-state index in [0.717, 1.165) is 6.07 Å². The molecule has 3 aromatic rings. The van der Waals surface area contributed by atoms with Crippen molar-refractivity contribution in [1.29, 1.82) is 0 Å². The van der Waals surface area contributed by atoms with Crippen LogP contribution >= 0.6 is 0 Å². The van der Waals surface area contributed by atoms with Gasteiger partial charge in [-0.05, 0) is 35.9 Å². The number of nitrogens with one attached hydrogen (secondary N) is 1. The standard InChI is InChI=1S/C21H16F2N2O4/c1-28-21(27)13-7-17-20-16(24-19(26)10-25(17)9-13)3-2-4-18(20)29-11-12-5-14(22)8-15(23)6-12/h2-9H,10-11H2,1H3,(H,24,26). The summed E-state index contributed by atoms with van der Waals surface area (Å²) in [6.07, 6.45) is 1.54. The van der Waals surface area contributed by atoms with Crippen LogP contribution in [0, 0.1) is 11.6 Å². The van der Waals surface area contributed by atoms with Crippen LogP contribution in [-0.4, -0.2) is 23.6 Å². The van der Waals surface area contributed by atoms with E-state index in [4.69, 9.17) is 9.47 Å². The minimum atomic E-state index is -0.695. The van der Waals surface area contributed by atoms with Crippen LogP contribution in [0.1, 0.15) is 15.9 Å². The monoisotopic (exact) mass is 398 g/mol. The summed E-state index contributed by atoms with van der Waals surface area (Å²) in [5.74, 6) is -1.79. The van der Waals surface area contributed by atoms with Crippen molar-refractivity contribution < 1.29 is 27.8 Å². The van der Waals surface area contributed by atoms with E-state index in [2.05, 4.69) is 5.32 Å². The first-order valence-electron chi connectivity index (χ1n) is 8.74. The molecule has 0 atom stereocenters. The van der Waals surface area contributed by atoms with E-state index in [9.17, 15) is 18.4 Å². The molecule has 1 aromatic heterocycles. The highest BCUT2D eigenvalue weighted by Crippen LogP contribution is 2.40. The van der Waals surface area contributed by atoms with Crippen LogP contribution < -0.4 is 10.1 Å². The van der Waals surface area contributed by atoms with Gasteiger partial charge in [0.05, 0.1) is 29.6 Å². The summed E-state index contributed by atoms with van der Waals surface area (Å²) in [7, 11) is 1.28. The maximum absolute atomic E-state index is 13.4. The minimum Gasteiger partial charge on any atom is -0.488 e. The number of hydrogen-bond acceptors (Lipinski definition) is 4. The Labute approximate surface area is 164 Å². The number of benzene rings is 2. The van der Waals surface area contributed by atoms with Gasteiger partial charge in [0.25, 0.3) is 0 Å². The summed E-state index contributed by atoms with van der Waals surface area (Å²) < 4.78 is 39.1. The van der Waals surface area contributed by atoms with Crippen molar-refractivity contribution in [3.8, 4) is 17.0 Å². The number of anilines is 1. The molecule has 2 aromatic carbocycles. The summed E-state index contributed by atoms with van der Waals surface area (Å²) >= 11 is 0. The average Bonchev–Trinajstić information content (AvgIpc) is 3.02. The third-order valence-electron chi connectivity index (χ3n) is 4.50. The van der Waals surface area contributed by atoms with Crippen LogP contribution in [0.15, 0.2) is 48.7 Å². The van der Waals surface area contributed by atoms with Gasteiger partial charge in [-0.25, -0.2) is 13.6 Å². The lowest BCUT2D eigenvalue weighted by Gasteiger charge is -2.14. The van der Waals surface area contributed by atoms with Gasteiger partial charge in [0, 0.05) is 12.3 Å². The molecule has 8 heteroatoms. The highest BCUT2D eigenvalue weighted by molar-refractivity contribution is 6.00. The van der Waals surface area contributed by atoms with Crippen LogP contribution in [-0.2, 0) is 22.7 Å². The van der Waals surface area contributed by atoms with E-state index < -0.39 is 17.6 Å². The minimum absolute atomic E-state index is 0.00948. The molecule has 2 heterocycles. The van der Waals surface area contributed by atoms with Crippen LogP contribution in [0.3, 0.4) is 0 Å². The van der Waals surface area contributed by atoms with Crippen LogP contribution in [0.4, 0.5) is 14.5 Å². The quantitative estimate of drug-likeness (QED) is 0.680. The number of fused-ring (bicyclic) bond motifs is 3. The van der Waals surface area contributed by atoms with Crippen molar-refractivity contribution in [2.45, 2.75) is 13.2 Å². The molecule has 29 heavy (non-hydrogen) atoms.